The zero-order valence-corrected chi connectivity index (χ0v) is 12.3. The van der Waals surface area contributed by atoms with Crippen LogP contribution < -0.4 is 10.6 Å². The first kappa shape index (κ1) is 14.7. The number of halogens is 1. The molecule has 7 nitrogen and oxygen atoms in total. The monoisotopic (exact) mass is 342 g/mol. The minimum atomic E-state index is -1.05. The number of amides is 2. The van der Waals surface area contributed by atoms with E-state index in [2.05, 4.69) is 36.5 Å². The molecule has 2 amide bonds. The van der Waals surface area contributed by atoms with Crippen LogP contribution in [0.15, 0.2) is 17.0 Å². The lowest BCUT2D eigenvalue weighted by atomic mass is 9.85. The molecule has 2 rings (SSSR count). The number of nitrogens with zero attached hydrogens (tertiary/aromatic N) is 2. The van der Waals surface area contributed by atoms with Crippen LogP contribution in [-0.2, 0) is 4.79 Å². The van der Waals surface area contributed by atoms with Gasteiger partial charge in [0.2, 0.25) is 5.91 Å². The van der Waals surface area contributed by atoms with Crippen LogP contribution in [0.5, 0.6) is 0 Å². The lowest BCUT2D eigenvalue weighted by molar-refractivity contribution is -0.121. The summed E-state index contributed by atoms with van der Waals surface area (Å²) >= 11 is 3.21. The highest BCUT2D eigenvalue weighted by atomic mass is 79.9. The average molecular weight is 343 g/mol. The summed E-state index contributed by atoms with van der Waals surface area (Å²) in [6.45, 7) is 0. The van der Waals surface area contributed by atoms with Crippen molar-refractivity contribution in [3.05, 3.63) is 17.0 Å². The van der Waals surface area contributed by atoms with Gasteiger partial charge in [-0.3, -0.25) is 4.79 Å². The van der Waals surface area contributed by atoms with Crippen molar-refractivity contribution in [3.63, 3.8) is 0 Å². The van der Waals surface area contributed by atoms with Gasteiger partial charge in [0.25, 0.3) is 0 Å². The van der Waals surface area contributed by atoms with Crippen molar-refractivity contribution in [1.29, 1.82) is 0 Å². The van der Waals surface area contributed by atoms with Gasteiger partial charge in [-0.1, -0.05) is 6.42 Å². The minimum absolute atomic E-state index is 0.132. The Bertz CT molecular complexity index is 511. The van der Waals surface area contributed by atoms with Crippen molar-refractivity contribution in [3.8, 4) is 0 Å². The lowest BCUT2D eigenvalue weighted by Crippen LogP contribution is -2.40. The SMILES string of the molecule is O=C(O)N[C@@H]1CCC[C@H](C(=O)Nc2cc(Br)ncn2)C1. The van der Waals surface area contributed by atoms with Crippen LogP contribution in [0.2, 0.25) is 0 Å². The summed E-state index contributed by atoms with van der Waals surface area (Å²) in [5.41, 5.74) is 0. The lowest BCUT2D eigenvalue weighted by Gasteiger charge is -2.28. The zero-order chi connectivity index (χ0) is 14.5. The molecular weight excluding hydrogens is 328 g/mol. The molecule has 1 aromatic rings. The van der Waals surface area contributed by atoms with E-state index in [9.17, 15) is 9.59 Å². The fraction of sp³-hybridized carbons (Fsp3) is 0.500. The Kier molecular flexibility index (Phi) is 4.89. The van der Waals surface area contributed by atoms with Gasteiger partial charge in [-0.15, -0.1) is 0 Å². The van der Waals surface area contributed by atoms with Gasteiger partial charge in [-0.25, -0.2) is 14.8 Å². The van der Waals surface area contributed by atoms with Gasteiger partial charge < -0.3 is 15.7 Å². The largest absolute Gasteiger partial charge is 0.465 e. The maximum absolute atomic E-state index is 12.1. The van der Waals surface area contributed by atoms with E-state index in [1.165, 1.54) is 6.33 Å². The summed E-state index contributed by atoms with van der Waals surface area (Å²) < 4.78 is 0.594. The molecule has 1 aliphatic carbocycles. The van der Waals surface area contributed by atoms with E-state index in [-0.39, 0.29) is 17.9 Å². The Hall–Kier alpha value is -1.70. The molecule has 0 bridgehead atoms. The summed E-state index contributed by atoms with van der Waals surface area (Å²) in [7, 11) is 0. The van der Waals surface area contributed by atoms with Crippen molar-refractivity contribution in [1.82, 2.24) is 15.3 Å². The third kappa shape index (κ3) is 4.16. The number of aromatic nitrogens is 2. The molecule has 1 saturated carbocycles. The molecule has 0 radical (unpaired) electrons. The highest BCUT2D eigenvalue weighted by Gasteiger charge is 2.28. The minimum Gasteiger partial charge on any atom is -0.465 e. The Labute approximate surface area is 124 Å². The first-order valence-corrected chi connectivity index (χ1v) is 7.12. The van der Waals surface area contributed by atoms with E-state index in [1.807, 2.05) is 0 Å². The number of rotatable bonds is 3. The molecule has 1 heterocycles. The summed E-state index contributed by atoms with van der Waals surface area (Å²) in [5, 5.41) is 13.9. The summed E-state index contributed by atoms with van der Waals surface area (Å²) in [6.07, 6.45) is 3.19. The smallest absolute Gasteiger partial charge is 0.404 e. The molecule has 1 fully saturated rings. The van der Waals surface area contributed by atoms with Gasteiger partial charge >= 0.3 is 6.09 Å². The molecule has 0 aliphatic heterocycles. The first-order valence-electron chi connectivity index (χ1n) is 6.32. The van der Waals surface area contributed by atoms with Crippen LogP contribution in [0, 0.1) is 5.92 Å². The molecule has 0 aromatic carbocycles. The maximum Gasteiger partial charge on any atom is 0.404 e. The molecule has 8 heteroatoms. The van der Waals surface area contributed by atoms with Crippen molar-refractivity contribution < 1.29 is 14.7 Å². The second-order valence-electron chi connectivity index (χ2n) is 4.73. The van der Waals surface area contributed by atoms with Gasteiger partial charge in [0.1, 0.15) is 16.7 Å². The Morgan fingerprint density at radius 1 is 1.35 bits per heavy atom. The number of carbonyl (C=O) groups excluding carboxylic acids is 1. The van der Waals surface area contributed by atoms with Crippen molar-refractivity contribution in [2.45, 2.75) is 31.7 Å². The van der Waals surface area contributed by atoms with E-state index in [0.29, 0.717) is 16.8 Å². The number of hydrogen-bond acceptors (Lipinski definition) is 4. The average Bonchev–Trinajstić information content (AvgIpc) is 2.38. The van der Waals surface area contributed by atoms with Crippen LogP contribution in [0.25, 0.3) is 0 Å². The van der Waals surface area contributed by atoms with E-state index in [1.54, 1.807) is 6.07 Å². The predicted molar refractivity (Wildman–Crippen MR) is 75.3 cm³/mol. The number of carboxylic acid groups (broad SMARTS) is 1. The summed E-state index contributed by atoms with van der Waals surface area (Å²) in [5.74, 6) is 0.104. The van der Waals surface area contributed by atoms with E-state index in [0.717, 1.165) is 19.3 Å². The molecule has 108 valence electrons. The third-order valence-electron chi connectivity index (χ3n) is 3.26. The predicted octanol–water partition coefficient (Wildman–Crippen LogP) is 2.00. The molecule has 2 atom stereocenters. The van der Waals surface area contributed by atoms with E-state index in [4.69, 9.17) is 5.11 Å². The van der Waals surface area contributed by atoms with Crippen molar-refractivity contribution in [2.24, 2.45) is 5.92 Å². The Balaban J connectivity index is 1.93. The van der Waals surface area contributed by atoms with E-state index >= 15 is 0 Å². The van der Waals surface area contributed by atoms with Crippen molar-refractivity contribution in [2.75, 3.05) is 5.32 Å². The van der Waals surface area contributed by atoms with Crippen LogP contribution in [-0.4, -0.2) is 33.1 Å². The van der Waals surface area contributed by atoms with Gasteiger partial charge in [0.05, 0.1) is 0 Å². The molecule has 0 spiro atoms. The number of anilines is 1. The van der Waals surface area contributed by atoms with Gasteiger partial charge in [-0.2, -0.15) is 0 Å². The topological polar surface area (TPSA) is 104 Å². The third-order valence-corrected chi connectivity index (χ3v) is 3.69. The highest BCUT2D eigenvalue weighted by molar-refractivity contribution is 9.10. The molecule has 0 unspecified atom stereocenters. The number of carbonyl (C=O) groups is 2. The van der Waals surface area contributed by atoms with Gasteiger partial charge in [0, 0.05) is 18.0 Å². The second-order valence-corrected chi connectivity index (χ2v) is 5.54. The molecular formula is C12H15BrN4O3. The fourth-order valence-corrected chi connectivity index (χ4v) is 2.67. The normalized spacial score (nSPS) is 22.1. The highest BCUT2D eigenvalue weighted by Crippen LogP contribution is 2.25. The maximum atomic E-state index is 12.1. The number of hydrogen-bond donors (Lipinski definition) is 3. The van der Waals surface area contributed by atoms with Crippen LogP contribution in [0.4, 0.5) is 10.6 Å². The molecule has 20 heavy (non-hydrogen) atoms. The number of nitrogens with one attached hydrogen (secondary N) is 2. The quantitative estimate of drug-likeness (QED) is 0.728. The fourth-order valence-electron chi connectivity index (χ4n) is 2.36. The van der Waals surface area contributed by atoms with Crippen molar-refractivity contribution >= 4 is 33.7 Å². The zero-order valence-electron chi connectivity index (χ0n) is 10.7. The first-order chi connectivity index (χ1) is 9.54. The Morgan fingerprint density at radius 2 is 2.15 bits per heavy atom. The van der Waals surface area contributed by atoms with Gasteiger partial charge in [0.15, 0.2) is 0 Å². The molecule has 1 aromatic heterocycles. The van der Waals surface area contributed by atoms with Crippen LogP contribution in [0.1, 0.15) is 25.7 Å². The molecule has 3 N–H and O–H groups in total. The van der Waals surface area contributed by atoms with E-state index < -0.39 is 6.09 Å². The standard InChI is InChI=1S/C12H15BrN4O3/c13-9-5-10(15-6-14-9)17-11(18)7-2-1-3-8(4-7)16-12(19)20/h5-8,16H,1-4H2,(H,19,20)(H,14,15,17,18)/t7-,8+/m0/s1. The van der Waals surface area contributed by atoms with Crippen LogP contribution in [0.3, 0.4) is 0 Å². The molecule has 0 saturated heterocycles. The van der Waals surface area contributed by atoms with Crippen LogP contribution >= 0.6 is 15.9 Å². The second kappa shape index (κ2) is 6.65. The van der Waals surface area contributed by atoms with Gasteiger partial charge in [-0.05, 0) is 35.2 Å². The molecule has 1 aliphatic rings. The Morgan fingerprint density at radius 3 is 2.85 bits per heavy atom. The summed E-state index contributed by atoms with van der Waals surface area (Å²) in [4.78, 5) is 30.6. The summed E-state index contributed by atoms with van der Waals surface area (Å²) in [6, 6.07) is 1.46.